The van der Waals surface area contributed by atoms with Gasteiger partial charge in [0.2, 0.25) is 21.8 Å². The SMILES string of the molecule is CC[C@H](C)NC(=O)[C@H](C)N(Cc1ccc(Cl)c(Cl)c1)C(=O)CN(c1cc(C)cc(C)c1)S(C)(=O)=O. The van der Waals surface area contributed by atoms with Gasteiger partial charge in [0, 0.05) is 12.6 Å². The fraction of sp³-hybridized carbons (Fsp3) is 0.440. The molecule has 0 aliphatic rings. The molecule has 7 nitrogen and oxygen atoms in total. The van der Waals surface area contributed by atoms with Crippen LogP contribution in [0.25, 0.3) is 0 Å². The molecule has 35 heavy (non-hydrogen) atoms. The number of nitrogens with zero attached hydrogens (tertiary/aromatic N) is 2. The van der Waals surface area contributed by atoms with Crippen LogP contribution < -0.4 is 9.62 Å². The van der Waals surface area contributed by atoms with Gasteiger partial charge in [-0.05, 0) is 75.1 Å². The van der Waals surface area contributed by atoms with Crippen LogP contribution in [0.1, 0.15) is 43.9 Å². The van der Waals surface area contributed by atoms with E-state index in [1.54, 1.807) is 37.3 Å². The van der Waals surface area contributed by atoms with Gasteiger partial charge in [0.25, 0.3) is 0 Å². The van der Waals surface area contributed by atoms with E-state index < -0.39 is 28.5 Å². The zero-order valence-corrected chi connectivity index (χ0v) is 23.3. The Morgan fingerprint density at radius 2 is 1.60 bits per heavy atom. The molecule has 10 heteroatoms. The van der Waals surface area contributed by atoms with Crippen molar-refractivity contribution in [3.63, 3.8) is 0 Å². The Kier molecular flexibility index (Phi) is 10.0. The second-order valence-electron chi connectivity index (χ2n) is 8.88. The molecular weight excluding hydrogens is 509 g/mol. The predicted octanol–water partition coefficient (Wildman–Crippen LogP) is 4.71. The Bertz CT molecular complexity index is 1170. The number of aryl methyl sites for hydroxylation is 2. The highest BCUT2D eigenvalue weighted by molar-refractivity contribution is 7.92. The van der Waals surface area contributed by atoms with Crippen LogP contribution in [-0.2, 0) is 26.2 Å². The maximum Gasteiger partial charge on any atom is 0.244 e. The first-order chi connectivity index (χ1) is 16.2. The molecule has 0 unspecified atom stereocenters. The second kappa shape index (κ2) is 12.1. The lowest BCUT2D eigenvalue weighted by Gasteiger charge is -2.32. The molecule has 0 radical (unpaired) electrons. The summed E-state index contributed by atoms with van der Waals surface area (Å²) in [6, 6.07) is 9.37. The summed E-state index contributed by atoms with van der Waals surface area (Å²) in [4.78, 5) is 27.9. The fourth-order valence-electron chi connectivity index (χ4n) is 3.59. The Balaban J connectivity index is 2.44. The molecule has 0 heterocycles. The molecule has 0 aliphatic heterocycles. The molecule has 0 fully saturated rings. The summed E-state index contributed by atoms with van der Waals surface area (Å²) in [5.41, 5.74) is 2.79. The molecule has 2 amide bonds. The lowest BCUT2D eigenvalue weighted by molar-refractivity contribution is -0.139. The standard InChI is InChI=1S/C25H33Cl2N3O4S/c1-7-18(4)28-25(32)19(5)29(14-20-8-9-22(26)23(27)13-20)24(31)15-30(35(6,33)34)21-11-16(2)10-17(3)12-21/h8-13,18-19H,7,14-15H2,1-6H3,(H,28,32)/t18-,19-/m0/s1. The van der Waals surface area contributed by atoms with Crippen LogP contribution in [0, 0.1) is 13.8 Å². The van der Waals surface area contributed by atoms with Gasteiger partial charge in [-0.15, -0.1) is 0 Å². The molecule has 0 aromatic heterocycles. The van der Waals surface area contributed by atoms with Crippen molar-refractivity contribution in [3.05, 3.63) is 63.1 Å². The highest BCUT2D eigenvalue weighted by Crippen LogP contribution is 2.25. The number of amides is 2. The van der Waals surface area contributed by atoms with Crippen molar-refractivity contribution >= 4 is 50.7 Å². The normalized spacial score (nSPS) is 13.1. The first-order valence-electron chi connectivity index (χ1n) is 11.3. The van der Waals surface area contributed by atoms with Crippen LogP contribution >= 0.6 is 23.2 Å². The van der Waals surface area contributed by atoms with Gasteiger partial charge in [-0.3, -0.25) is 13.9 Å². The number of carbonyl (C=O) groups is 2. The van der Waals surface area contributed by atoms with E-state index in [0.717, 1.165) is 28.1 Å². The maximum absolute atomic E-state index is 13.6. The molecule has 2 aromatic carbocycles. The average Bonchev–Trinajstić information content (AvgIpc) is 2.75. The predicted molar refractivity (Wildman–Crippen MR) is 142 cm³/mol. The number of hydrogen-bond donors (Lipinski definition) is 1. The molecule has 0 bridgehead atoms. The van der Waals surface area contributed by atoms with E-state index in [0.29, 0.717) is 21.3 Å². The van der Waals surface area contributed by atoms with E-state index in [2.05, 4.69) is 5.32 Å². The molecule has 2 rings (SSSR count). The first-order valence-corrected chi connectivity index (χ1v) is 13.9. The largest absolute Gasteiger partial charge is 0.352 e. The first kappa shape index (κ1) is 28.9. The number of hydrogen-bond acceptors (Lipinski definition) is 4. The van der Waals surface area contributed by atoms with E-state index in [9.17, 15) is 18.0 Å². The Labute approximate surface area is 218 Å². The van der Waals surface area contributed by atoms with Gasteiger partial charge in [0.15, 0.2) is 0 Å². The minimum atomic E-state index is -3.79. The fourth-order valence-corrected chi connectivity index (χ4v) is 4.75. The van der Waals surface area contributed by atoms with Gasteiger partial charge in [-0.2, -0.15) is 0 Å². The summed E-state index contributed by atoms with van der Waals surface area (Å²) in [5, 5.41) is 3.58. The van der Waals surface area contributed by atoms with Crippen LogP contribution in [0.3, 0.4) is 0 Å². The third-order valence-electron chi connectivity index (χ3n) is 5.68. The van der Waals surface area contributed by atoms with Crippen LogP contribution in [0.4, 0.5) is 5.69 Å². The summed E-state index contributed by atoms with van der Waals surface area (Å²) in [6.07, 6.45) is 1.79. The minimum absolute atomic E-state index is 0.0509. The summed E-state index contributed by atoms with van der Waals surface area (Å²) in [5.74, 6) is -0.850. The van der Waals surface area contributed by atoms with Crippen molar-refractivity contribution in [2.45, 2.75) is 59.7 Å². The smallest absolute Gasteiger partial charge is 0.244 e. The van der Waals surface area contributed by atoms with Gasteiger partial charge in [-0.1, -0.05) is 42.3 Å². The number of nitrogens with one attached hydrogen (secondary N) is 1. The minimum Gasteiger partial charge on any atom is -0.352 e. The van der Waals surface area contributed by atoms with Crippen LogP contribution in [0.5, 0.6) is 0 Å². The van der Waals surface area contributed by atoms with Gasteiger partial charge in [0.1, 0.15) is 12.6 Å². The van der Waals surface area contributed by atoms with E-state index in [1.807, 2.05) is 33.8 Å². The van der Waals surface area contributed by atoms with Gasteiger partial charge in [0.05, 0.1) is 22.0 Å². The number of sulfonamides is 1. The summed E-state index contributed by atoms with van der Waals surface area (Å²) >= 11 is 12.2. The van der Waals surface area contributed by atoms with Gasteiger partial charge < -0.3 is 10.2 Å². The Morgan fingerprint density at radius 3 is 2.11 bits per heavy atom. The molecule has 2 atom stereocenters. The number of benzene rings is 2. The molecular formula is C25H33Cl2N3O4S. The van der Waals surface area contributed by atoms with Crippen molar-refractivity contribution in [2.75, 3.05) is 17.1 Å². The van der Waals surface area contributed by atoms with Crippen molar-refractivity contribution in [1.29, 1.82) is 0 Å². The zero-order valence-electron chi connectivity index (χ0n) is 20.9. The lowest BCUT2D eigenvalue weighted by Crippen LogP contribution is -2.52. The summed E-state index contributed by atoms with van der Waals surface area (Å²) in [7, 11) is -3.79. The zero-order chi connectivity index (χ0) is 26.5. The summed E-state index contributed by atoms with van der Waals surface area (Å²) < 4.78 is 26.4. The highest BCUT2D eigenvalue weighted by atomic mass is 35.5. The van der Waals surface area contributed by atoms with Crippen molar-refractivity contribution in [3.8, 4) is 0 Å². The highest BCUT2D eigenvalue weighted by Gasteiger charge is 2.30. The number of halogens is 2. The van der Waals surface area contributed by atoms with E-state index in [-0.39, 0.29) is 18.5 Å². The molecule has 2 aromatic rings. The number of anilines is 1. The topological polar surface area (TPSA) is 86.8 Å². The van der Waals surface area contributed by atoms with Gasteiger partial charge >= 0.3 is 0 Å². The molecule has 192 valence electrons. The molecule has 0 aliphatic carbocycles. The third kappa shape index (κ3) is 8.12. The molecule has 0 saturated carbocycles. The monoisotopic (exact) mass is 541 g/mol. The van der Waals surface area contributed by atoms with Crippen molar-refractivity contribution in [1.82, 2.24) is 10.2 Å². The van der Waals surface area contributed by atoms with Crippen LogP contribution in [0.15, 0.2) is 36.4 Å². The average molecular weight is 543 g/mol. The summed E-state index contributed by atoms with van der Waals surface area (Å²) in [6.45, 7) is 8.75. The van der Waals surface area contributed by atoms with E-state index in [1.165, 1.54) is 4.90 Å². The van der Waals surface area contributed by atoms with Crippen LogP contribution in [-0.4, -0.2) is 50.0 Å². The van der Waals surface area contributed by atoms with Crippen molar-refractivity contribution in [2.24, 2.45) is 0 Å². The molecule has 1 N–H and O–H groups in total. The molecule has 0 spiro atoms. The number of rotatable bonds is 10. The van der Waals surface area contributed by atoms with Crippen LogP contribution in [0.2, 0.25) is 10.0 Å². The molecule has 0 saturated heterocycles. The van der Waals surface area contributed by atoms with Crippen molar-refractivity contribution < 1.29 is 18.0 Å². The Morgan fingerprint density at radius 1 is 1.00 bits per heavy atom. The number of carbonyl (C=O) groups excluding carboxylic acids is 2. The van der Waals surface area contributed by atoms with E-state index in [4.69, 9.17) is 23.2 Å². The lowest BCUT2D eigenvalue weighted by atomic mass is 10.1. The second-order valence-corrected chi connectivity index (χ2v) is 11.6. The maximum atomic E-state index is 13.6. The van der Waals surface area contributed by atoms with Gasteiger partial charge in [-0.25, -0.2) is 8.42 Å². The van der Waals surface area contributed by atoms with E-state index >= 15 is 0 Å². The third-order valence-corrected chi connectivity index (χ3v) is 7.56. The quantitative estimate of drug-likeness (QED) is 0.471. The Hall–Kier alpha value is -2.29.